The Kier molecular flexibility index (Phi) is 6.34. The number of piperidine rings is 1. The summed E-state index contributed by atoms with van der Waals surface area (Å²) in [5, 5.41) is 3.76. The van der Waals surface area contributed by atoms with Crippen molar-refractivity contribution in [3.05, 3.63) is 0 Å². The molecule has 1 N–H and O–H groups in total. The Morgan fingerprint density at radius 1 is 1.05 bits per heavy atom. The number of nitrogens with zero attached hydrogens (tertiary/aromatic N) is 2. The third-order valence-electron chi connectivity index (χ3n) is 5.39. The largest absolute Gasteiger partial charge is 0.331 e. The average molecular weight is 295 g/mol. The third kappa shape index (κ3) is 4.87. The fraction of sp³-hybridized carbons (Fsp3) is 0.941. The summed E-state index contributed by atoms with van der Waals surface area (Å²) in [6.45, 7) is 5.31. The monoisotopic (exact) mass is 295 g/mol. The van der Waals surface area contributed by atoms with E-state index in [0.717, 1.165) is 37.8 Å². The Morgan fingerprint density at radius 3 is 2.14 bits per heavy atom. The highest BCUT2D eigenvalue weighted by Gasteiger charge is 2.25. The van der Waals surface area contributed by atoms with Crippen LogP contribution in [-0.4, -0.2) is 55.6 Å². The average Bonchev–Trinajstić information content (AvgIpc) is 2.53. The molecule has 0 atom stereocenters. The second-order valence-corrected chi connectivity index (χ2v) is 7.14. The number of rotatable bonds is 4. The van der Waals surface area contributed by atoms with Crippen molar-refractivity contribution < 1.29 is 4.79 Å². The first-order chi connectivity index (χ1) is 10.1. The lowest BCUT2D eigenvalue weighted by Crippen LogP contribution is -2.48. The first-order valence-electron chi connectivity index (χ1n) is 8.79. The summed E-state index contributed by atoms with van der Waals surface area (Å²) in [6, 6.07) is 0.770. The number of amides is 2. The van der Waals surface area contributed by atoms with E-state index in [0.29, 0.717) is 6.04 Å². The molecule has 0 spiro atoms. The molecule has 21 heavy (non-hydrogen) atoms. The van der Waals surface area contributed by atoms with Crippen LogP contribution in [0.4, 0.5) is 4.79 Å². The van der Waals surface area contributed by atoms with Crippen molar-refractivity contribution in [3.8, 4) is 0 Å². The fourth-order valence-corrected chi connectivity index (χ4v) is 3.73. The highest BCUT2D eigenvalue weighted by Crippen LogP contribution is 2.30. The summed E-state index contributed by atoms with van der Waals surface area (Å²) >= 11 is 0. The molecular weight excluding hydrogens is 262 g/mol. The molecule has 0 radical (unpaired) electrons. The Bertz CT molecular complexity index is 316. The highest BCUT2D eigenvalue weighted by atomic mass is 16.2. The zero-order chi connectivity index (χ0) is 15.2. The minimum Gasteiger partial charge on any atom is -0.331 e. The highest BCUT2D eigenvalue weighted by molar-refractivity contribution is 5.73. The lowest BCUT2D eigenvalue weighted by molar-refractivity contribution is 0.150. The predicted molar refractivity (Wildman–Crippen MR) is 87.4 cm³/mol. The van der Waals surface area contributed by atoms with Gasteiger partial charge in [0, 0.05) is 33.2 Å². The molecule has 0 unspecified atom stereocenters. The normalized spacial score (nSPS) is 27.7. The number of hydrogen-bond acceptors (Lipinski definition) is 2. The van der Waals surface area contributed by atoms with Gasteiger partial charge in [-0.2, -0.15) is 0 Å². The first kappa shape index (κ1) is 16.6. The van der Waals surface area contributed by atoms with Gasteiger partial charge in [-0.1, -0.05) is 26.2 Å². The van der Waals surface area contributed by atoms with Crippen LogP contribution in [0.3, 0.4) is 0 Å². The molecule has 1 heterocycles. The molecule has 2 aliphatic rings. The van der Waals surface area contributed by atoms with Crippen molar-refractivity contribution in [1.82, 2.24) is 15.1 Å². The van der Waals surface area contributed by atoms with E-state index in [1.807, 2.05) is 19.0 Å². The molecule has 4 heteroatoms. The summed E-state index contributed by atoms with van der Waals surface area (Å²) in [5.41, 5.74) is 0. The van der Waals surface area contributed by atoms with Crippen LogP contribution in [0.2, 0.25) is 0 Å². The molecule has 122 valence electrons. The molecule has 2 fully saturated rings. The molecule has 1 saturated heterocycles. The summed E-state index contributed by atoms with van der Waals surface area (Å²) < 4.78 is 0. The molecule has 1 aliphatic carbocycles. The maximum atomic E-state index is 11.9. The summed E-state index contributed by atoms with van der Waals surface area (Å²) in [5.74, 6) is 1.87. The van der Waals surface area contributed by atoms with Crippen LogP contribution in [0.1, 0.15) is 51.9 Å². The quantitative estimate of drug-likeness (QED) is 0.865. The lowest BCUT2D eigenvalue weighted by Gasteiger charge is -2.35. The van der Waals surface area contributed by atoms with Crippen molar-refractivity contribution >= 4 is 6.03 Å². The number of carbonyl (C=O) groups is 1. The molecule has 0 aromatic carbocycles. The molecular formula is C17H33N3O. The van der Waals surface area contributed by atoms with Gasteiger partial charge < -0.3 is 15.1 Å². The Labute approximate surface area is 130 Å². The van der Waals surface area contributed by atoms with E-state index in [4.69, 9.17) is 0 Å². The van der Waals surface area contributed by atoms with Crippen LogP contribution in [0.25, 0.3) is 0 Å². The van der Waals surface area contributed by atoms with Crippen LogP contribution in [0.5, 0.6) is 0 Å². The van der Waals surface area contributed by atoms with Crippen molar-refractivity contribution in [2.45, 2.75) is 57.9 Å². The van der Waals surface area contributed by atoms with Crippen LogP contribution >= 0.6 is 0 Å². The topological polar surface area (TPSA) is 35.6 Å². The van der Waals surface area contributed by atoms with Gasteiger partial charge >= 0.3 is 6.03 Å². The number of likely N-dealkylation sites (tertiary alicyclic amines) is 1. The van der Waals surface area contributed by atoms with Gasteiger partial charge in [-0.3, -0.25) is 0 Å². The standard InChI is InChI=1S/C17H33N3O/c1-4-14-5-7-15(8-6-14)13-18-16-9-11-20(12-10-16)17(21)19(2)3/h14-16,18H,4-13H2,1-3H3. The summed E-state index contributed by atoms with van der Waals surface area (Å²) in [7, 11) is 3.67. The molecule has 1 aliphatic heterocycles. The van der Waals surface area contributed by atoms with E-state index in [1.54, 1.807) is 4.90 Å². The number of carbonyl (C=O) groups excluding carboxylic acids is 1. The number of nitrogens with one attached hydrogen (secondary N) is 1. The fourth-order valence-electron chi connectivity index (χ4n) is 3.73. The van der Waals surface area contributed by atoms with E-state index in [-0.39, 0.29) is 6.03 Å². The first-order valence-corrected chi connectivity index (χ1v) is 8.79. The Balaban J connectivity index is 1.62. The zero-order valence-electron chi connectivity index (χ0n) is 14.1. The Hall–Kier alpha value is -0.770. The third-order valence-corrected chi connectivity index (χ3v) is 5.39. The molecule has 0 aromatic heterocycles. The van der Waals surface area contributed by atoms with E-state index in [9.17, 15) is 4.79 Å². The van der Waals surface area contributed by atoms with Crippen molar-refractivity contribution in [2.24, 2.45) is 11.8 Å². The number of hydrogen-bond donors (Lipinski definition) is 1. The molecule has 0 bridgehead atoms. The summed E-state index contributed by atoms with van der Waals surface area (Å²) in [6.07, 6.45) is 9.23. The second kappa shape index (κ2) is 8.02. The van der Waals surface area contributed by atoms with Crippen LogP contribution in [-0.2, 0) is 0 Å². The van der Waals surface area contributed by atoms with Gasteiger partial charge in [-0.05, 0) is 44.1 Å². The maximum Gasteiger partial charge on any atom is 0.319 e. The zero-order valence-corrected chi connectivity index (χ0v) is 14.1. The molecule has 0 aromatic rings. The summed E-state index contributed by atoms with van der Waals surface area (Å²) in [4.78, 5) is 15.6. The Morgan fingerprint density at radius 2 is 1.62 bits per heavy atom. The molecule has 2 rings (SSSR count). The minimum absolute atomic E-state index is 0.159. The van der Waals surface area contributed by atoms with Crippen LogP contribution in [0, 0.1) is 11.8 Å². The smallest absolute Gasteiger partial charge is 0.319 e. The predicted octanol–water partition coefficient (Wildman–Crippen LogP) is 2.94. The van der Waals surface area contributed by atoms with Gasteiger partial charge in [-0.25, -0.2) is 4.79 Å². The van der Waals surface area contributed by atoms with Crippen molar-refractivity contribution in [3.63, 3.8) is 0 Å². The SMILES string of the molecule is CCC1CCC(CNC2CCN(C(=O)N(C)C)CC2)CC1. The maximum absolute atomic E-state index is 11.9. The van der Waals surface area contributed by atoms with Crippen LogP contribution < -0.4 is 5.32 Å². The van der Waals surface area contributed by atoms with Gasteiger partial charge in [0.25, 0.3) is 0 Å². The lowest BCUT2D eigenvalue weighted by atomic mass is 9.81. The molecule has 2 amide bonds. The van der Waals surface area contributed by atoms with Crippen molar-refractivity contribution in [2.75, 3.05) is 33.7 Å². The molecule has 4 nitrogen and oxygen atoms in total. The minimum atomic E-state index is 0.159. The van der Waals surface area contributed by atoms with E-state index in [2.05, 4.69) is 12.2 Å². The van der Waals surface area contributed by atoms with E-state index >= 15 is 0 Å². The van der Waals surface area contributed by atoms with E-state index < -0.39 is 0 Å². The van der Waals surface area contributed by atoms with Gasteiger partial charge in [0.05, 0.1) is 0 Å². The molecule has 1 saturated carbocycles. The van der Waals surface area contributed by atoms with Gasteiger partial charge in [0.2, 0.25) is 0 Å². The second-order valence-electron chi connectivity index (χ2n) is 7.14. The van der Waals surface area contributed by atoms with Gasteiger partial charge in [0.15, 0.2) is 0 Å². The number of urea groups is 1. The van der Waals surface area contributed by atoms with Gasteiger partial charge in [-0.15, -0.1) is 0 Å². The van der Waals surface area contributed by atoms with Crippen LogP contribution in [0.15, 0.2) is 0 Å². The van der Waals surface area contributed by atoms with E-state index in [1.165, 1.54) is 38.6 Å². The van der Waals surface area contributed by atoms with Crippen molar-refractivity contribution in [1.29, 1.82) is 0 Å². The van der Waals surface area contributed by atoms with Gasteiger partial charge in [0.1, 0.15) is 0 Å².